The zero-order valence-corrected chi connectivity index (χ0v) is 14.6. The number of amides is 1. The zero-order valence-electron chi connectivity index (χ0n) is 14.6. The van der Waals surface area contributed by atoms with Crippen molar-refractivity contribution >= 4 is 11.7 Å². The minimum Gasteiger partial charge on any atom is -0.497 e. The number of pyridine rings is 1. The Morgan fingerprint density at radius 1 is 1.08 bits per heavy atom. The second-order valence-corrected chi connectivity index (χ2v) is 5.91. The largest absolute Gasteiger partial charge is 0.497 e. The van der Waals surface area contributed by atoms with E-state index in [0.29, 0.717) is 25.3 Å². The lowest BCUT2D eigenvalue weighted by molar-refractivity contribution is -0.130. The highest BCUT2D eigenvalue weighted by Gasteiger charge is 2.22. The van der Waals surface area contributed by atoms with Crippen LogP contribution in [0.15, 0.2) is 42.6 Å². The Bertz CT molecular complexity index is 713. The number of piperazine rings is 1. The number of nitrogens with zero attached hydrogens (tertiary/aromatic N) is 3. The molecule has 1 fully saturated rings. The summed E-state index contributed by atoms with van der Waals surface area (Å²) in [5.41, 5.74) is 0.875. The number of aromatic nitrogens is 1. The summed E-state index contributed by atoms with van der Waals surface area (Å²) >= 11 is 0. The molecule has 0 unspecified atom stereocenters. The molecule has 25 heavy (non-hydrogen) atoms. The highest BCUT2D eigenvalue weighted by molar-refractivity contribution is 5.80. The van der Waals surface area contributed by atoms with Gasteiger partial charge in [-0.1, -0.05) is 12.1 Å². The summed E-state index contributed by atoms with van der Waals surface area (Å²) in [6.07, 6.45) is 2.12. The molecular weight excluding hydrogens is 318 g/mol. The molecule has 1 aliphatic heterocycles. The van der Waals surface area contributed by atoms with Crippen LogP contribution in [-0.4, -0.2) is 56.2 Å². The lowest BCUT2D eigenvalue weighted by atomic mass is 10.1. The Labute approximate surface area is 148 Å². The van der Waals surface area contributed by atoms with E-state index in [1.165, 1.54) is 0 Å². The fourth-order valence-corrected chi connectivity index (χ4v) is 3.00. The predicted octanol–water partition coefficient (Wildman–Crippen LogP) is 1.99. The predicted molar refractivity (Wildman–Crippen MR) is 96.3 cm³/mol. The van der Waals surface area contributed by atoms with Gasteiger partial charge in [-0.15, -0.1) is 0 Å². The Morgan fingerprint density at radius 2 is 1.88 bits per heavy atom. The maximum atomic E-state index is 12.6. The molecule has 0 aliphatic carbocycles. The first-order chi connectivity index (χ1) is 12.2. The van der Waals surface area contributed by atoms with Crippen molar-refractivity contribution in [3.05, 3.63) is 48.2 Å². The molecule has 2 heterocycles. The summed E-state index contributed by atoms with van der Waals surface area (Å²) < 4.78 is 10.6. The molecule has 1 saturated heterocycles. The maximum absolute atomic E-state index is 12.6. The smallest absolute Gasteiger partial charge is 0.227 e. The van der Waals surface area contributed by atoms with Gasteiger partial charge in [0.25, 0.3) is 0 Å². The minimum absolute atomic E-state index is 0.115. The fourth-order valence-electron chi connectivity index (χ4n) is 3.00. The number of methoxy groups -OCH3 is 2. The average Bonchev–Trinajstić information content (AvgIpc) is 2.69. The van der Waals surface area contributed by atoms with E-state index in [2.05, 4.69) is 9.88 Å². The van der Waals surface area contributed by atoms with Crippen LogP contribution in [0.25, 0.3) is 0 Å². The number of carbonyl (C=O) groups excluding carboxylic acids is 1. The van der Waals surface area contributed by atoms with Crippen LogP contribution in [0, 0.1) is 0 Å². The summed E-state index contributed by atoms with van der Waals surface area (Å²) in [7, 11) is 3.22. The SMILES string of the molecule is COc1ccc(CC(=O)N2CCN(c3ccccn3)CC2)c(OC)c1. The Morgan fingerprint density at radius 3 is 2.52 bits per heavy atom. The number of carbonyl (C=O) groups is 1. The third kappa shape index (κ3) is 4.02. The van der Waals surface area contributed by atoms with Gasteiger partial charge in [0.05, 0.1) is 20.6 Å². The molecule has 2 aromatic rings. The van der Waals surface area contributed by atoms with E-state index in [4.69, 9.17) is 9.47 Å². The monoisotopic (exact) mass is 341 g/mol. The third-order valence-electron chi connectivity index (χ3n) is 4.44. The van der Waals surface area contributed by atoms with Crippen molar-refractivity contribution in [2.75, 3.05) is 45.3 Å². The van der Waals surface area contributed by atoms with E-state index in [9.17, 15) is 4.79 Å². The normalized spacial score (nSPS) is 14.3. The summed E-state index contributed by atoms with van der Waals surface area (Å²) in [5, 5.41) is 0. The second kappa shape index (κ2) is 7.88. The molecule has 6 nitrogen and oxygen atoms in total. The van der Waals surface area contributed by atoms with Crippen LogP contribution < -0.4 is 14.4 Å². The van der Waals surface area contributed by atoms with Gasteiger partial charge >= 0.3 is 0 Å². The van der Waals surface area contributed by atoms with Crippen LogP contribution >= 0.6 is 0 Å². The lowest BCUT2D eigenvalue weighted by Crippen LogP contribution is -2.49. The molecule has 0 N–H and O–H groups in total. The number of rotatable bonds is 5. The standard InChI is InChI=1S/C19H23N3O3/c1-24-16-7-6-15(17(14-16)25-2)13-19(23)22-11-9-21(10-12-22)18-5-3-4-8-20-18/h3-8,14H,9-13H2,1-2H3. The van der Waals surface area contributed by atoms with Crippen LogP contribution in [-0.2, 0) is 11.2 Å². The molecule has 0 radical (unpaired) electrons. The maximum Gasteiger partial charge on any atom is 0.227 e. The van der Waals surface area contributed by atoms with E-state index in [0.717, 1.165) is 30.2 Å². The van der Waals surface area contributed by atoms with Gasteiger partial charge in [-0.05, 0) is 18.2 Å². The van der Waals surface area contributed by atoms with Gasteiger partial charge in [-0.2, -0.15) is 0 Å². The quantitative estimate of drug-likeness (QED) is 0.832. The molecular formula is C19H23N3O3. The summed E-state index contributed by atoms with van der Waals surface area (Å²) in [5.74, 6) is 2.48. The van der Waals surface area contributed by atoms with Crippen LogP contribution in [0.1, 0.15) is 5.56 Å². The Balaban J connectivity index is 1.60. The average molecular weight is 341 g/mol. The highest BCUT2D eigenvalue weighted by atomic mass is 16.5. The van der Waals surface area contributed by atoms with Crippen LogP contribution in [0.4, 0.5) is 5.82 Å². The van der Waals surface area contributed by atoms with Gasteiger partial charge in [0.1, 0.15) is 17.3 Å². The van der Waals surface area contributed by atoms with Crippen LogP contribution in [0.5, 0.6) is 11.5 Å². The molecule has 0 bridgehead atoms. The first-order valence-corrected chi connectivity index (χ1v) is 8.36. The van der Waals surface area contributed by atoms with Gasteiger partial charge in [0.2, 0.25) is 5.91 Å². The van der Waals surface area contributed by atoms with E-state index in [-0.39, 0.29) is 5.91 Å². The second-order valence-electron chi connectivity index (χ2n) is 5.91. The number of benzene rings is 1. The molecule has 0 saturated carbocycles. The van der Waals surface area contributed by atoms with Crippen molar-refractivity contribution in [1.29, 1.82) is 0 Å². The van der Waals surface area contributed by atoms with Crippen molar-refractivity contribution < 1.29 is 14.3 Å². The van der Waals surface area contributed by atoms with Crippen LogP contribution in [0.2, 0.25) is 0 Å². The molecule has 3 rings (SSSR count). The van der Waals surface area contributed by atoms with E-state index < -0.39 is 0 Å². The van der Waals surface area contributed by atoms with Crippen molar-refractivity contribution in [2.24, 2.45) is 0 Å². The molecule has 132 valence electrons. The van der Waals surface area contributed by atoms with Gasteiger partial charge in [-0.3, -0.25) is 4.79 Å². The Hall–Kier alpha value is -2.76. The molecule has 1 amide bonds. The number of ether oxygens (including phenoxy) is 2. The first kappa shape index (κ1) is 17.1. The Kier molecular flexibility index (Phi) is 5.38. The van der Waals surface area contributed by atoms with Crippen molar-refractivity contribution in [3.8, 4) is 11.5 Å². The van der Waals surface area contributed by atoms with Crippen molar-refractivity contribution in [2.45, 2.75) is 6.42 Å². The molecule has 1 aliphatic rings. The van der Waals surface area contributed by atoms with Crippen LogP contribution in [0.3, 0.4) is 0 Å². The van der Waals surface area contributed by atoms with Crippen molar-refractivity contribution in [3.63, 3.8) is 0 Å². The highest BCUT2D eigenvalue weighted by Crippen LogP contribution is 2.25. The first-order valence-electron chi connectivity index (χ1n) is 8.36. The number of hydrogen-bond donors (Lipinski definition) is 0. The molecule has 6 heteroatoms. The summed E-state index contributed by atoms with van der Waals surface area (Å²) in [6.45, 7) is 2.99. The van der Waals surface area contributed by atoms with Gasteiger partial charge < -0.3 is 19.3 Å². The van der Waals surface area contributed by atoms with E-state index in [1.807, 2.05) is 41.3 Å². The van der Waals surface area contributed by atoms with E-state index in [1.54, 1.807) is 20.4 Å². The fraction of sp³-hybridized carbons (Fsp3) is 0.368. The van der Waals surface area contributed by atoms with Gasteiger partial charge in [0, 0.05) is 44.0 Å². The number of hydrogen-bond acceptors (Lipinski definition) is 5. The van der Waals surface area contributed by atoms with Gasteiger partial charge in [0.15, 0.2) is 0 Å². The van der Waals surface area contributed by atoms with E-state index >= 15 is 0 Å². The van der Waals surface area contributed by atoms with Crippen molar-refractivity contribution in [1.82, 2.24) is 9.88 Å². The molecule has 1 aromatic heterocycles. The third-order valence-corrected chi connectivity index (χ3v) is 4.44. The van der Waals surface area contributed by atoms with Gasteiger partial charge in [-0.25, -0.2) is 4.98 Å². The topological polar surface area (TPSA) is 54.9 Å². The zero-order chi connectivity index (χ0) is 17.6. The summed E-state index contributed by atoms with van der Waals surface area (Å²) in [6, 6.07) is 11.4. The molecule has 1 aromatic carbocycles. The molecule has 0 atom stereocenters. The summed E-state index contributed by atoms with van der Waals surface area (Å²) in [4.78, 5) is 21.1. The lowest BCUT2D eigenvalue weighted by Gasteiger charge is -2.35. The minimum atomic E-state index is 0.115. The molecule has 0 spiro atoms. The number of anilines is 1.